The van der Waals surface area contributed by atoms with Crippen LogP contribution in [0.25, 0.3) is 0 Å². The highest BCUT2D eigenvalue weighted by Crippen LogP contribution is 2.28. The van der Waals surface area contributed by atoms with Crippen LogP contribution >= 0.6 is 31.9 Å². The molecule has 1 N–H and O–H groups in total. The second-order valence-electron chi connectivity index (χ2n) is 4.62. The van der Waals surface area contributed by atoms with Crippen molar-refractivity contribution < 1.29 is 4.42 Å². The summed E-state index contributed by atoms with van der Waals surface area (Å²) < 4.78 is 9.59. The summed E-state index contributed by atoms with van der Waals surface area (Å²) in [6, 6.07) is 4.08. The predicted molar refractivity (Wildman–Crippen MR) is 86.9 cm³/mol. The number of aryl methyl sites for hydroxylation is 2. The summed E-state index contributed by atoms with van der Waals surface area (Å²) in [7, 11) is 0. The number of furan rings is 1. The highest BCUT2D eigenvalue weighted by atomic mass is 79.9. The van der Waals surface area contributed by atoms with Crippen LogP contribution in [0.1, 0.15) is 37.0 Å². The molecule has 1 atom stereocenters. The molecule has 6 heteroatoms. The third-order valence-electron chi connectivity index (χ3n) is 3.24. The molecule has 0 spiro atoms. The first-order valence-corrected chi connectivity index (χ1v) is 8.35. The lowest BCUT2D eigenvalue weighted by Crippen LogP contribution is -2.23. The van der Waals surface area contributed by atoms with E-state index in [4.69, 9.17) is 4.42 Å². The topological polar surface area (TPSA) is 43.0 Å². The summed E-state index contributed by atoms with van der Waals surface area (Å²) in [5.41, 5.74) is 2.22. The minimum absolute atomic E-state index is 0.143. The van der Waals surface area contributed by atoms with Crippen molar-refractivity contribution >= 4 is 31.9 Å². The number of likely N-dealkylation sites (N-methyl/N-ethyl adjacent to an activating group) is 1. The number of nitrogens with zero attached hydrogens (tertiary/aromatic N) is 2. The van der Waals surface area contributed by atoms with Gasteiger partial charge >= 0.3 is 0 Å². The minimum atomic E-state index is 0.143. The van der Waals surface area contributed by atoms with Gasteiger partial charge in [-0.1, -0.05) is 6.92 Å². The Labute approximate surface area is 136 Å². The number of hydrogen-bond donors (Lipinski definition) is 1. The van der Waals surface area contributed by atoms with Crippen molar-refractivity contribution in [3.05, 3.63) is 38.4 Å². The Morgan fingerprint density at radius 2 is 2.10 bits per heavy atom. The van der Waals surface area contributed by atoms with Crippen LogP contribution in [-0.2, 0) is 13.0 Å². The molecule has 4 nitrogen and oxygen atoms in total. The van der Waals surface area contributed by atoms with Crippen molar-refractivity contribution in [3.63, 3.8) is 0 Å². The van der Waals surface area contributed by atoms with E-state index in [2.05, 4.69) is 56.1 Å². The van der Waals surface area contributed by atoms with E-state index in [1.165, 1.54) is 5.69 Å². The van der Waals surface area contributed by atoms with Crippen LogP contribution in [0.2, 0.25) is 0 Å². The fourth-order valence-electron chi connectivity index (χ4n) is 2.29. The molecule has 0 fully saturated rings. The summed E-state index contributed by atoms with van der Waals surface area (Å²) in [5, 5.41) is 8.01. The molecule has 0 saturated carbocycles. The smallest absolute Gasteiger partial charge is 0.169 e. The van der Waals surface area contributed by atoms with E-state index in [0.717, 1.165) is 40.1 Å². The Morgan fingerprint density at radius 1 is 1.35 bits per heavy atom. The van der Waals surface area contributed by atoms with Crippen molar-refractivity contribution in [2.75, 3.05) is 6.54 Å². The van der Waals surface area contributed by atoms with Crippen molar-refractivity contribution in [1.29, 1.82) is 0 Å². The molecule has 0 amide bonds. The monoisotopic (exact) mass is 403 g/mol. The maximum atomic E-state index is 5.70. The molecule has 0 aliphatic carbocycles. The maximum Gasteiger partial charge on any atom is 0.169 e. The Balaban J connectivity index is 2.28. The van der Waals surface area contributed by atoms with E-state index in [0.29, 0.717) is 0 Å². The van der Waals surface area contributed by atoms with Gasteiger partial charge in [0.2, 0.25) is 0 Å². The van der Waals surface area contributed by atoms with Gasteiger partial charge in [0.1, 0.15) is 5.76 Å². The molecule has 0 aliphatic rings. The van der Waals surface area contributed by atoms with Gasteiger partial charge in [0.25, 0.3) is 0 Å². The number of halogens is 2. The summed E-state index contributed by atoms with van der Waals surface area (Å²) >= 11 is 7.01. The minimum Gasteiger partial charge on any atom is -0.453 e. The fraction of sp³-hybridized carbons (Fsp3) is 0.500. The van der Waals surface area contributed by atoms with E-state index in [-0.39, 0.29) is 6.04 Å². The second kappa shape index (κ2) is 6.91. The van der Waals surface area contributed by atoms with E-state index >= 15 is 0 Å². The third kappa shape index (κ3) is 3.35. The standard InChI is InChI=1S/C14H19Br2N3O/c1-4-17-10(12-6-7-13(15)20-12)8-11-14(16)9(3)18-19(11)5-2/h6-7,10,17H,4-5,8H2,1-3H3. The second-order valence-corrected chi connectivity index (χ2v) is 6.19. The lowest BCUT2D eigenvalue weighted by Gasteiger charge is -2.16. The van der Waals surface area contributed by atoms with Gasteiger partial charge in [0.15, 0.2) is 4.67 Å². The van der Waals surface area contributed by atoms with Crippen LogP contribution in [0.3, 0.4) is 0 Å². The average molecular weight is 405 g/mol. The average Bonchev–Trinajstić information content (AvgIpc) is 2.96. The third-order valence-corrected chi connectivity index (χ3v) is 4.70. The van der Waals surface area contributed by atoms with Crippen molar-refractivity contribution in [2.45, 2.75) is 39.8 Å². The maximum absolute atomic E-state index is 5.70. The van der Waals surface area contributed by atoms with Crippen molar-refractivity contribution in [1.82, 2.24) is 15.1 Å². The van der Waals surface area contributed by atoms with Gasteiger partial charge in [-0.05, 0) is 64.4 Å². The Kier molecular flexibility index (Phi) is 5.46. The van der Waals surface area contributed by atoms with Gasteiger partial charge in [-0.3, -0.25) is 4.68 Å². The Bertz CT molecular complexity index is 577. The predicted octanol–water partition coefficient (Wildman–Crippen LogP) is 4.22. The lowest BCUT2D eigenvalue weighted by molar-refractivity contribution is 0.398. The molecular formula is C14H19Br2N3O. The van der Waals surface area contributed by atoms with Gasteiger partial charge in [-0.25, -0.2) is 0 Å². The Morgan fingerprint density at radius 3 is 2.65 bits per heavy atom. The number of nitrogens with one attached hydrogen (secondary N) is 1. The summed E-state index contributed by atoms with van der Waals surface area (Å²) in [6.45, 7) is 7.98. The molecule has 2 heterocycles. The molecule has 0 bridgehead atoms. The SMILES string of the molecule is CCNC(Cc1c(Br)c(C)nn1CC)c1ccc(Br)o1. The number of rotatable bonds is 6. The molecular weight excluding hydrogens is 386 g/mol. The highest BCUT2D eigenvalue weighted by molar-refractivity contribution is 9.10. The first kappa shape index (κ1) is 15.8. The zero-order valence-corrected chi connectivity index (χ0v) is 15.1. The molecule has 20 heavy (non-hydrogen) atoms. The zero-order valence-electron chi connectivity index (χ0n) is 11.9. The molecule has 2 rings (SSSR count). The fourth-order valence-corrected chi connectivity index (χ4v) is 3.06. The number of aromatic nitrogens is 2. The van der Waals surface area contributed by atoms with E-state index in [1.54, 1.807) is 0 Å². The molecule has 2 aromatic rings. The largest absolute Gasteiger partial charge is 0.453 e. The van der Waals surface area contributed by atoms with E-state index in [9.17, 15) is 0 Å². The zero-order chi connectivity index (χ0) is 14.7. The number of hydrogen-bond acceptors (Lipinski definition) is 3. The van der Waals surface area contributed by atoms with Gasteiger partial charge in [-0.2, -0.15) is 5.10 Å². The molecule has 0 aliphatic heterocycles. The van der Waals surface area contributed by atoms with E-state index < -0.39 is 0 Å². The van der Waals surface area contributed by atoms with Gasteiger partial charge in [-0.15, -0.1) is 0 Å². The summed E-state index contributed by atoms with van der Waals surface area (Å²) in [5.74, 6) is 0.937. The molecule has 0 aromatic carbocycles. The van der Waals surface area contributed by atoms with Crippen LogP contribution in [-0.4, -0.2) is 16.3 Å². The summed E-state index contributed by atoms with van der Waals surface area (Å²) in [6.07, 6.45) is 0.836. The summed E-state index contributed by atoms with van der Waals surface area (Å²) in [4.78, 5) is 0. The van der Waals surface area contributed by atoms with Gasteiger partial charge < -0.3 is 9.73 Å². The normalized spacial score (nSPS) is 12.8. The first-order valence-electron chi connectivity index (χ1n) is 6.77. The van der Waals surface area contributed by atoms with Crippen LogP contribution in [0, 0.1) is 6.92 Å². The van der Waals surface area contributed by atoms with Crippen LogP contribution in [0.15, 0.2) is 25.7 Å². The molecule has 2 aromatic heterocycles. The highest BCUT2D eigenvalue weighted by Gasteiger charge is 2.20. The molecule has 0 radical (unpaired) electrons. The van der Waals surface area contributed by atoms with Crippen LogP contribution < -0.4 is 5.32 Å². The molecule has 0 saturated heterocycles. The van der Waals surface area contributed by atoms with E-state index in [1.807, 2.05) is 23.7 Å². The van der Waals surface area contributed by atoms with Gasteiger partial charge in [0.05, 0.1) is 21.9 Å². The van der Waals surface area contributed by atoms with Crippen molar-refractivity contribution in [2.24, 2.45) is 0 Å². The first-order chi connectivity index (χ1) is 9.56. The van der Waals surface area contributed by atoms with Crippen LogP contribution in [0.5, 0.6) is 0 Å². The molecule has 1 unspecified atom stereocenters. The molecule has 110 valence electrons. The lowest BCUT2D eigenvalue weighted by atomic mass is 10.1. The van der Waals surface area contributed by atoms with Crippen molar-refractivity contribution in [3.8, 4) is 0 Å². The van der Waals surface area contributed by atoms with Gasteiger partial charge in [0, 0.05) is 13.0 Å². The quantitative estimate of drug-likeness (QED) is 0.783. The van der Waals surface area contributed by atoms with Crippen LogP contribution in [0.4, 0.5) is 0 Å². The Hall–Kier alpha value is -0.590.